The average Bonchev–Trinajstić information content (AvgIpc) is 2.38. The van der Waals surface area contributed by atoms with Crippen molar-refractivity contribution in [2.24, 2.45) is 0 Å². The molecule has 0 bridgehead atoms. The van der Waals surface area contributed by atoms with Crippen LogP contribution in [0.4, 0.5) is 5.82 Å². The van der Waals surface area contributed by atoms with Crippen LogP contribution in [0.3, 0.4) is 0 Å². The summed E-state index contributed by atoms with van der Waals surface area (Å²) in [7, 11) is 0. The topological polar surface area (TPSA) is 28.2 Å². The number of anilines is 1. The normalized spacial score (nSPS) is 16.4. The number of pyridine rings is 1. The Labute approximate surface area is 102 Å². The van der Waals surface area contributed by atoms with E-state index in [0.29, 0.717) is 0 Å². The predicted octanol–water partition coefficient (Wildman–Crippen LogP) is 1.74. The van der Waals surface area contributed by atoms with Crippen LogP contribution in [0.15, 0.2) is 18.3 Å². The Morgan fingerprint density at radius 3 is 2.81 bits per heavy atom. The number of aromatic nitrogens is 1. The van der Waals surface area contributed by atoms with Gasteiger partial charge in [-0.25, -0.2) is 4.98 Å². The highest BCUT2D eigenvalue weighted by atomic mass is 32.2. The van der Waals surface area contributed by atoms with E-state index in [1.54, 1.807) is 0 Å². The van der Waals surface area contributed by atoms with E-state index in [1.165, 1.54) is 17.1 Å². The first-order valence-corrected chi connectivity index (χ1v) is 7.04. The monoisotopic (exact) mass is 237 g/mol. The van der Waals surface area contributed by atoms with E-state index in [4.69, 9.17) is 0 Å². The van der Waals surface area contributed by atoms with Gasteiger partial charge in [0.1, 0.15) is 5.82 Å². The molecule has 2 heterocycles. The van der Waals surface area contributed by atoms with Crippen LogP contribution < -0.4 is 10.2 Å². The molecule has 0 unspecified atom stereocenters. The van der Waals surface area contributed by atoms with Gasteiger partial charge in [-0.05, 0) is 18.2 Å². The molecule has 2 rings (SSSR count). The zero-order valence-corrected chi connectivity index (χ0v) is 10.6. The molecule has 0 spiro atoms. The van der Waals surface area contributed by atoms with Gasteiger partial charge in [-0.3, -0.25) is 0 Å². The van der Waals surface area contributed by atoms with Crippen molar-refractivity contribution in [1.29, 1.82) is 0 Å². The van der Waals surface area contributed by atoms with Crippen LogP contribution >= 0.6 is 11.8 Å². The SMILES string of the molecule is CCNCc1ccc(N2CCSCC2)nc1. The third-order valence-electron chi connectivity index (χ3n) is 2.72. The molecule has 1 N–H and O–H groups in total. The highest BCUT2D eigenvalue weighted by molar-refractivity contribution is 7.99. The van der Waals surface area contributed by atoms with Crippen molar-refractivity contribution in [3.05, 3.63) is 23.9 Å². The zero-order valence-electron chi connectivity index (χ0n) is 9.78. The molecule has 1 aromatic rings. The van der Waals surface area contributed by atoms with Crippen LogP contribution in [0, 0.1) is 0 Å². The van der Waals surface area contributed by atoms with E-state index in [0.717, 1.165) is 32.0 Å². The number of hydrogen-bond acceptors (Lipinski definition) is 4. The molecule has 0 aliphatic carbocycles. The quantitative estimate of drug-likeness (QED) is 0.863. The number of nitrogens with one attached hydrogen (secondary N) is 1. The molecule has 0 radical (unpaired) electrons. The van der Waals surface area contributed by atoms with Crippen molar-refractivity contribution in [2.75, 3.05) is 36.0 Å². The third-order valence-corrected chi connectivity index (χ3v) is 3.67. The first-order valence-electron chi connectivity index (χ1n) is 5.88. The van der Waals surface area contributed by atoms with E-state index in [-0.39, 0.29) is 0 Å². The van der Waals surface area contributed by atoms with Gasteiger partial charge in [0, 0.05) is 37.3 Å². The molecule has 4 heteroatoms. The molecule has 1 aromatic heterocycles. The summed E-state index contributed by atoms with van der Waals surface area (Å²) in [4.78, 5) is 6.90. The molecular weight excluding hydrogens is 218 g/mol. The first kappa shape index (κ1) is 11.7. The molecule has 1 saturated heterocycles. The molecule has 16 heavy (non-hydrogen) atoms. The summed E-state index contributed by atoms with van der Waals surface area (Å²) in [6, 6.07) is 4.31. The lowest BCUT2D eigenvalue weighted by Crippen LogP contribution is -2.33. The number of nitrogens with zero attached hydrogens (tertiary/aromatic N) is 2. The van der Waals surface area contributed by atoms with Gasteiger partial charge in [0.25, 0.3) is 0 Å². The highest BCUT2D eigenvalue weighted by Crippen LogP contribution is 2.17. The molecule has 0 aromatic carbocycles. The molecule has 88 valence electrons. The summed E-state index contributed by atoms with van der Waals surface area (Å²) in [5.41, 5.74) is 1.26. The highest BCUT2D eigenvalue weighted by Gasteiger charge is 2.11. The lowest BCUT2D eigenvalue weighted by molar-refractivity contribution is 0.723. The summed E-state index contributed by atoms with van der Waals surface area (Å²) in [5, 5.41) is 3.31. The summed E-state index contributed by atoms with van der Waals surface area (Å²) in [5.74, 6) is 3.57. The second-order valence-corrected chi connectivity index (χ2v) is 5.13. The van der Waals surface area contributed by atoms with Crippen molar-refractivity contribution < 1.29 is 0 Å². The summed E-state index contributed by atoms with van der Waals surface area (Å²) < 4.78 is 0. The number of rotatable bonds is 4. The minimum atomic E-state index is 0.916. The van der Waals surface area contributed by atoms with E-state index in [2.05, 4.69) is 34.3 Å². The fourth-order valence-corrected chi connectivity index (χ4v) is 2.67. The number of hydrogen-bond donors (Lipinski definition) is 1. The molecule has 1 fully saturated rings. The Balaban J connectivity index is 1.95. The minimum absolute atomic E-state index is 0.916. The van der Waals surface area contributed by atoms with Crippen molar-refractivity contribution in [2.45, 2.75) is 13.5 Å². The van der Waals surface area contributed by atoms with Crippen molar-refractivity contribution in [3.8, 4) is 0 Å². The van der Waals surface area contributed by atoms with E-state index in [9.17, 15) is 0 Å². The van der Waals surface area contributed by atoms with Gasteiger partial charge in [0.15, 0.2) is 0 Å². The van der Waals surface area contributed by atoms with Gasteiger partial charge in [-0.1, -0.05) is 13.0 Å². The van der Waals surface area contributed by atoms with Gasteiger partial charge in [0.2, 0.25) is 0 Å². The molecule has 1 aliphatic heterocycles. The summed E-state index contributed by atoms with van der Waals surface area (Å²) in [6.07, 6.45) is 1.99. The maximum absolute atomic E-state index is 4.53. The van der Waals surface area contributed by atoms with Crippen LogP contribution in [0.2, 0.25) is 0 Å². The predicted molar refractivity (Wildman–Crippen MR) is 71.2 cm³/mol. The van der Waals surface area contributed by atoms with Crippen LogP contribution in [0.5, 0.6) is 0 Å². The Morgan fingerprint density at radius 2 is 2.19 bits per heavy atom. The molecule has 0 atom stereocenters. The van der Waals surface area contributed by atoms with Gasteiger partial charge < -0.3 is 10.2 Å². The maximum Gasteiger partial charge on any atom is 0.128 e. The maximum atomic E-state index is 4.53. The molecular formula is C12H19N3S. The van der Waals surface area contributed by atoms with Gasteiger partial charge in [-0.2, -0.15) is 11.8 Å². The van der Waals surface area contributed by atoms with Gasteiger partial charge in [0.05, 0.1) is 0 Å². The Hall–Kier alpha value is -0.740. The lowest BCUT2D eigenvalue weighted by atomic mass is 10.2. The number of thioether (sulfide) groups is 1. The van der Waals surface area contributed by atoms with Gasteiger partial charge >= 0.3 is 0 Å². The van der Waals surface area contributed by atoms with Gasteiger partial charge in [-0.15, -0.1) is 0 Å². The van der Waals surface area contributed by atoms with Crippen molar-refractivity contribution in [1.82, 2.24) is 10.3 Å². The second-order valence-electron chi connectivity index (χ2n) is 3.90. The summed E-state index contributed by atoms with van der Waals surface area (Å²) >= 11 is 2.03. The van der Waals surface area contributed by atoms with E-state index < -0.39 is 0 Å². The Bertz CT molecular complexity index is 307. The second kappa shape index (κ2) is 6.11. The van der Waals surface area contributed by atoms with E-state index in [1.807, 2.05) is 18.0 Å². The first-order chi connectivity index (χ1) is 7.90. The van der Waals surface area contributed by atoms with Crippen molar-refractivity contribution >= 4 is 17.6 Å². The van der Waals surface area contributed by atoms with Crippen LogP contribution in [0.25, 0.3) is 0 Å². The smallest absolute Gasteiger partial charge is 0.128 e. The average molecular weight is 237 g/mol. The Morgan fingerprint density at radius 1 is 1.38 bits per heavy atom. The molecule has 0 saturated carbocycles. The molecule has 0 amide bonds. The van der Waals surface area contributed by atoms with Crippen LogP contribution in [-0.4, -0.2) is 36.1 Å². The minimum Gasteiger partial charge on any atom is -0.355 e. The third kappa shape index (κ3) is 3.12. The molecule has 1 aliphatic rings. The van der Waals surface area contributed by atoms with E-state index >= 15 is 0 Å². The largest absolute Gasteiger partial charge is 0.355 e. The Kier molecular flexibility index (Phi) is 4.48. The lowest BCUT2D eigenvalue weighted by Gasteiger charge is -2.27. The summed E-state index contributed by atoms with van der Waals surface area (Å²) in [6.45, 7) is 6.30. The standard InChI is InChI=1S/C12H19N3S/c1-2-13-9-11-3-4-12(14-10-11)15-5-7-16-8-6-15/h3-4,10,13H,2,5-9H2,1H3. The van der Waals surface area contributed by atoms with Crippen LogP contribution in [-0.2, 0) is 6.54 Å². The van der Waals surface area contributed by atoms with Crippen molar-refractivity contribution in [3.63, 3.8) is 0 Å². The zero-order chi connectivity index (χ0) is 11.2. The fourth-order valence-electron chi connectivity index (χ4n) is 1.77. The van der Waals surface area contributed by atoms with Crippen LogP contribution in [0.1, 0.15) is 12.5 Å². The fraction of sp³-hybridized carbons (Fsp3) is 0.583. The molecule has 3 nitrogen and oxygen atoms in total.